The topological polar surface area (TPSA) is 61.4 Å². The largest absolute Gasteiger partial charge is 0.348 e. The van der Waals surface area contributed by atoms with E-state index in [1.54, 1.807) is 0 Å². The molecule has 2 atom stereocenters. The van der Waals surface area contributed by atoms with E-state index >= 15 is 0 Å². The summed E-state index contributed by atoms with van der Waals surface area (Å²) in [5.74, 6) is -0.0586. The molecule has 6 heteroatoms. The molecule has 0 bridgehead atoms. The Morgan fingerprint density at radius 3 is 2.55 bits per heavy atom. The number of carbonyl (C=O) groups excluding carboxylic acids is 2. The molecular weight excluding hydrogens is 430 g/mol. The molecule has 2 N–H and O–H groups in total. The monoisotopic (exact) mass is 457 g/mol. The van der Waals surface area contributed by atoms with Gasteiger partial charge < -0.3 is 10.6 Å². The van der Waals surface area contributed by atoms with Crippen LogP contribution in [0.5, 0.6) is 0 Å². The number of nitrogens with zero attached hydrogens (tertiary/aromatic N) is 1. The zero-order valence-corrected chi connectivity index (χ0v) is 18.3. The van der Waals surface area contributed by atoms with E-state index in [1.807, 2.05) is 54.6 Å². The molecule has 0 radical (unpaired) electrons. The van der Waals surface area contributed by atoms with Crippen molar-refractivity contribution >= 4 is 33.4 Å². The Bertz CT molecular complexity index is 811. The quantitative estimate of drug-likeness (QED) is 0.648. The highest BCUT2D eigenvalue weighted by molar-refractivity contribution is 9.10. The third-order valence-electron chi connectivity index (χ3n) is 5.30. The summed E-state index contributed by atoms with van der Waals surface area (Å²) < 4.78 is 1.02. The Morgan fingerprint density at radius 2 is 1.86 bits per heavy atom. The number of anilines is 1. The van der Waals surface area contributed by atoms with Gasteiger partial charge in [0.05, 0.1) is 18.5 Å². The summed E-state index contributed by atoms with van der Waals surface area (Å²) in [7, 11) is 0. The first kappa shape index (κ1) is 21.5. The molecule has 0 saturated carbocycles. The number of hydrogen-bond acceptors (Lipinski definition) is 3. The average Bonchev–Trinajstić information content (AvgIpc) is 2.73. The van der Waals surface area contributed by atoms with Crippen LogP contribution in [0.2, 0.25) is 0 Å². The van der Waals surface area contributed by atoms with E-state index in [0.29, 0.717) is 13.1 Å². The average molecular weight is 458 g/mol. The summed E-state index contributed by atoms with van der Waals surface area (Å²) in [5.41, 5.74) is 1.91. The van der Waals surface area contributed by atoms with Crippen LogP contribution < -0.4 is 10.6 Å². The predicted octanol–water partition coefficient (Wildman–Crippen LogP) is 4.37. The lowest BCUT2D eigenvalue weighted by Crippen LogP contribution is -2.45. The predicted molar refractivity (Wildman–Crippen MR) is 120 cm³/mol. The van der Waals surface area contributed by atoms with Gasteiger partial charge in [-0.3, -0.25) is 14.5 Å². The van der Waals surface area contributed by atoms with Gasteiger partial charge in [-0.15, -0.1) is 0 Å². The number of benzene rings is 2. The summed E-state index contributed by atoms with van der Waals surface area (Å²) in [4.78, 5) is 27.3. The van der Waals surface area contributed by atoms with Crippen molar-refractivity contribution in [2.24, 2.45) is 5.92 Å². The van der Waals surface area contributed by atoms with Crippen molar-refractivity contribution in [1.29, 1.82) is 0 Å². The lowest BCUT2D eigenvalue weighted by Gasteiger charge is -2.32. The summed E-state index contributed by atoms with van der Waals surface area (Å²) in [5, 5.41) is 6.12. The highest BCUT2D eigenvalue weighted by Crippen LogP contribution is 2.21. The van der Waals surface area contributed by atoms with E-state index in [9.17, 15) is 9.59 Å². The number of carbonyl (C=O) groups is 2. The van der Waals surface area contributed by atoms with Crippen molar-refractivity contribution in [2.75, 3.05) is 25.0 Å². The first-order chi connectivity index (χ1) is 14.0. The molecule has 2 amide bonds. The van der Waals surface area contributed by atoms with Gasteiger partial charge in [-0.25, -0.2) is 0 Å². The molecule has 1 aliphatic heterocycles. The van der Waals surface area contributed by atoms with Gasteiger partial charge in [-0.2, -0.15) is 0 Å². The fraction of sp³-hybridized carbons (Fsp3) is 0.391. The number of rotatable bonds is 7. The van der Waals surface area contributed by atoms with Gasteiger partial charge >= 0.3 is 0 Å². The molecule has 1 heterocycles. The van der Waals surface area contributed by atoms with Gasteiger partial charge in [-0.05, 0) is 55.6 Å². The Kier molecular flexibility index (Phi) is 7.83. The molecule has 29 heavy (non-hydrogen) atoms. The lowest BCUT2D eigenvalue weighted by atomic mass is 9.97. The molecule has 1 saturated heterocycles. The van der Waals surface area contributed by atoms with E-state index in [2.05, 4.69) is 38.4 Å². The second kappa shape index (κ2) is 10.6. The standard InChI is InChI=1S/C23H28BrN3O2/c1-2-21(17-10-12-19(24)13-11-17)26-22(28)16-27-14-6-7-18(15-27)23(29)25-20-8-4-3-5-9-20/h3-5,8-13,18,21H,2,6-7,14-16H2,1H3,(H,25,29)(H,26,28)/t18-,21-/m0/s1. The Hall–Kier alpha value is -2.18. The highest BCUT2D eigenvalue weighted by atomic mass is 79.9. The highest BCUT2D eigenvalue weighted by Gasteiger charge is 2.27. The van der Waals surface area contributed by atoms with Crippen molar-refractivity contribution in [3.05, 3.63) is 64.6 Å². The molecule has 1 aliphatic rings. The van der Waals surface area contributed by atoms with E-state index in [-0.39, 0.29) is 23.8 Å². The van der Waals surface area contributed by atoms with Crippen LogP contribution in [0.1, 0.15) is 37.8 Å². The van der Waals surface area contributed by atoms with Crippen LogP contribution in [0.15, 0.2) is 59.1 Å². The molecule has 0 aliphatic carbocycles. The first-order valence-corrected chi connectivity index (χ1v) is 11.0. The van der Waals surface area contributed by atoms with Gasteiger partial charge in [0.15, 0.2) is 0 Å². The Balaban J connectivity index is 1.51. The maximum atomic E-state index is 12.6. The molecule has 0 spiro atoms. The van der Waals surface area contributed by atoms with Crippen LogP contribution in [0.4, 0.5) is 5.69 Å². The smallest absolute Gasteiger partial charge is 0.234 e. The number of para-hydroxylation sites is 1. The van der Waals surface area contributed by atoms with Crippen molar-refractivity contribution < 1.29 is 9.59 Å². The molecule has 3 rings (SSSR count). The summed E-state index contributed by atoms with van der Waals surface area (Å²) >= 11 is 3.44. The summed E-state index contributed by atoms with van der Waals surface area (Å²) in [6.45, 7) is 3.85. The zero-order valence-electron chi connectivity index (χ0n) is 16.7. The third-order valence-corrected chi connectivity index (χ3v) is 5.83. The van der Waals surface area contributed by atoms with Crippen LogP contribution in [0.3, 0.4) is 0 Å². The van der Waals surface area contributed by atoms with Crippen LogP contribution >= 0.6 is 15.9 Å². The minimum Gasteiger partial charge on any atom is -0.348 e. The SMILES string of the molecule is CC[C@H](NC(=O)CN1CCC[C@H](C(=O)Nc2ccccc2)C1)c1ccc(Br)cc1. The van der Waals surface area contributed by atoms with Crippen LogP contribution in [0.25, 0.3) is 0 Å². The van der Waals surface area contributed by atoms with E-state index < -0.39 is 0 Å². The Morgan fingerprint density at radius 1 is 1.14 bits per heavy atom. The number of amides is 2. The first-order valence-electron chi connectivity index (χ1n) is 10.2. The number of nitrogens with one attached hydrogen (secondary N) is 2. The minimum atomic E-state index is -0.0924. The lowest BCUT2D eigenvalue weighted by molar-refractivity contribution is -0.126. The third kappa shape index (κ3) is 6.41. The molecule has 0 unspecified atom stereocenters. The van der Waals surface area contributed by atoms with Gasteiger partial charge in [0.2, 0.25) is 11.8 Å². The number of halogens is 1. The van der Waals surface area contributed by atoms with E-state index in [1.165, 1.54) is 0 Å². The fourth-order valence-electron chi connectivity index (χ4n) is 3.74. The number of hydrogen-bond donors (Lipinski definition) is 2. The Labute approximate surface area is 181 Å². The molecule has 5 nitrogen and oxygen atoms in total. The van der Waals surface area contributed by atoms with Crippen LogP contribution in [-0.4, -0.2) is 36.3 Å². The molecule has 2 aromatic carbocycles. The van der Waals surface area contributed by atoms with Crippen LogP contribution in [-0.2, 0) is 9.59 Å². The van der Waals surface area contributed by atoms with E-state index in [4.69, 9.17) is 0 Å². The summed E-state index contributed by atoms with van der Waals surface area (Å²) in [6.07, 6.45) is 2.60. The van der Waals surface area contributed by atoms with Gasteiger partial charge in [0.25, 0.3) is 0 Å². The number of likely N-dealkylation sites (tertiary alicyclic amines) is 1. The molecular formula is C23H28BrN3O2. The minimum absolute atomic E-state index is 0.00225. The van der Waals surface area contributed by atoms with Crippen molar-refractivity contribution in [3.63, 3.8) is 0 Å². The van der Waals surface area contributed by atoms with Crippen molar-refractivity contribution in [1.82, 2.24) is 10.2 Å². The van der Waals surface area contributed by atoms with Crippen molar-refractivity contribution in [3.8, 4) is 0 Å². The summed E-state index contributed by atoms with van der Waals surface area (Å²) in [6, 6.07) is 17.6. The maximum absolute atomic E-state index is 12.6. The van der Waals surface area contributed by atoms with E-state index in [0.717, 1.165) is 41.5 Å². The van der Waals surface area contributed by atoms with Crippen molar-refractivity contribution in [2.45, 2.75) is 32.2 Å². The van der Waals surface area contributed by atoms with Gasteiger partial charge in [-0.1, -0.05) is 53.2 Å². The number of piperidine rings is 1. The zero-order chi connectivity index (χ0) is 20.6. The molecule has 1 fully saturated rings. The normalized spacial score (nSPS) is 18.1. The fourth-order valence-corrected chi connectivity index (χ4v) is 4.00. The molecule has 154 valence electrons. The second-order valence-corrected chi connectivity index (χ2v) is 8.43. The van der Waals surface area contributed by atoms with Gasteiger partial charge in [0.1, 0.15) is 0 Å². The molecule has 2 aromatic rings. The molecule has 0 aromatic heterocycles. The maximum Gasteiger partial charge on any atom is 0.234 e. The second-order valence-electron chi connectivity index (χ2n) is 7.51. The van der Waals surface area contributed by atoms with Gasteiger partial charge in [0, 0.05) is 16.7 Å². The van der Waals surface area contributed by atoms with Crippen LogP contribution in [0, 0.1) is 5.92 Å².